The first-order chi connectivity index (χ1) is 9.06. The highest BCUT2D eigenvalue weighted by Crippen LogP contribution is 2.26. The van der Waals surface area contributed by atoms with Gasteiger partial charge in [0.25, 0.3) is 0 Å². The molecule has 0 atom stereocenters. The van der Waals surface area contributed by atoms with Gasteiger partial charge in [-0.2, -0.15) is 0 Å². The molecule has 0 aromatic heterocycles. The van der Waals surface area contributed by atoms with Crippen molar-refractivity contribution in [3.8, 4) is 5.75 Å². The molecule has 1 aromatic rings. The number of nitrogens with two attached hydrogens (primary N) is 1. The van der Waals surface area contributed by atoms with E-state index < -0.39 is 0 Å². The molecule has 0 unspecified atom stereocenters. The van der Waals surface area contributed by atoms with Crippen LogP contribution in [0.4, 0.5) is 11.4 Å². The van der Waals surface area contributed by atoms with Crippen molar-refractivity contribution in [1.82, 2.24) is 0 Å². The molecule has 0 radical (unpaired) electrons. The lowest BCUT2D eigenvalue weighted by Crippen LogP contribution is -2.30. The van der Waals surface area contributed by atoms with Crippen LogP contribution in [0.25, 0.3) is 0 Å². The topological polar surface area (TPSA) is 68.0 Å². The molecule has 0 fully saturated rings. The van der Waals surface area contributed by atoms with Gasteiger partial charge in [-0.25, -0.2) is 0 Å². The summed E-state index contributed by atoms with van der Waals surface area (Å²) in [5.41, 5.74) is 7.48. The van der Waals surface area contributed by atoms with Crippen molar-refractivity contribution < 1.29 is 14.6 Å². The lowest BCUT2D eigenvalue weighted by molar-refractivity contribution is 0.202. The van der Waals surface area contributed by atoms with Crippen molar-refractivity contribution in [2.24, 2.45) is 0 Å². The normalized spacial score (nSPS) is 10.8. The van der Waals surface area contributed by atoms with Crippen molar-refractivity contribution in [3.05, 3.63) is 18.2 Å². The van der Waals surface area contributed by atoms with E-state index in [1.54, 1.807) is 13.2 Å². The van der Waals surface area contributed by atoms with E-state index in [4.69, 9.17) is 20.3 Å². The Morgan fingerprint density at radius 3 is 2.58 bits per heavy atom. The molecule has 19 heavy (non-hydrogen) atoms. The summed E-state index contributed by atoms with van der Waals surface area (Å²) in [5, 5.41) is 9.14. The summed E-state index contributed by atoms with van der Waals surface area (Å²) < 4.78 is 10.7. The van der Waals surface area contributed by atoms with Crippen LogP contribution in [0.5, 0.6) is 5.75 Å². The predicted molar refractivity (Wildman–Crippen MR) is 77.8 cm³/mol. The molecule has 0 bridgehead atoms. The zero-order chi connectivity index (χ0) is 14.3. The molecule has 108 valence electrons. The van der Waals surface area contributed by atoms with Gasteiger partial charge in [-0.3, -0.25) is 0 Å². The summed E-state index contributed by atoms with van der Waals surface area (Å²) in [6.07, 6.45) is 0.0971. The Kier molecular flexibility index (Phi) is 6.45. The smallest absolute Gasteiger partial charge is 0.123 e. The third kappa shape index (κ3) is 5.36. The van der Waals surface area contributed by atoms with Crippen LogP contribution in [-0.2, 0) is 4.74 Å². The van der Waals surface area contributed by atoms with Crippen LogP contribution < -0.4 is 15.4 Å². The van der Waals surface area contributed by atoms with Gasteiger partial charge in [0, 0.05) is 43.7 Å². The SMILES string of the molecule is COCCN(CCO)c1cc(N)cc(OC(C)C)c1. The van der Waals surface area contributed by atoms with Crippen LogP contribution >= 0.6 is 0 Å². The fourth-order valence-corrected chi connectivity index (χ4v) is 1.82. The zero-order valence-corrected chi connectivity index (χ0v) is 11.9. The van der Waals surface area contributed by atoms with Crippen LogP contribution in [0.2, 0.25) is 0 Å². The molecular formula is C14H24N2O3. The lowest BCUT2D eigenvalue weighted by atomic mass is 10.2. The van der Waals surface area contributed by atoms with Gasteiger partial charge in [0.15, 0.2) is 0 Å². The second kappa shape index (κ2) is 7.86. The van der Waals surface area contributed by atoms with Crippen LogP contribution in [0, 0.1) is 0 Å². The van der Waals surface area contributed by atoms with Crippen LogP contribution in [0.15, 0.2) is 18.2 Å². The lowest BCUT2D eigenvalue weighted by Gasteiger charge is -2.25. The fraction of sp³-hybridized carbons (Fsp3) is 0.571. The molecule has 3 N–H and O–H groups in total. The number of ether oxygens (including phenoxy) is 2. The van der Waals surface area contributed by atoms with E-state index >= 15 is 0 Å². The number of aliphatic hydroxyl groups excluding tert-OH is 1. The van der Waals surface area contributed by atoms with Crippen molar-refractivity contribution in [1.29, 1.82) is 0 Å². The van der Waals surface area contributed by atoms with Crippen molar-refractivity contribution in [2.45, 2.75) is 20.0 Å². The van der Waals surface area contributed by atoms with Gasteiger partial charge in [-0.15, -0.1) is 0 Å². The number of aliphatic hydroxyl groups is 1. The van der Waals surface area contributed by atoms with Gasteiger partial charge < -0.3 is 25.2 Å². The van der Waals surface area contributed by atoms with Gasteiger partial charge in [0.1, 0.15) is 5.75 Å². The average Bonchev–Trinajstić information content (AvgIpc) is 2.32. The standard InChI is InChI=1S/C14H24N2O3/c1-11(2)19-14-9-12(15)8-13(10-14)16(4-6-17)5-7-18-3/h8-11,17H,4-7,15H2,1-3H3. The van der Waals surface area contributed by atoms with E-state index in [2.05, 4.69) is 0 Å². The van der Waals surface area contributed by atoms with Gasteiger partial charge in [-0.1, -0.05) is 0 Å². The molecule has 5 nitrogen and oxygen atoms in total. The first-order valence-corrected chi connectivity index (χ1v) is 6.48. The zero-order valence-electron chi connectivity index (χ0n) is 11.9. The molecular weight excluding hydrogens is 244 g/mol. The van der Waals surface area contributed by atoms with E-state index in [1.807, 2.05) is 30.9 Å². The Balaban J connectivity index is 2.90. The summed E-state index contributed by atoms with van der Waals surface area (Å²) in [7, 11) is 1.66. The van der Waals surface area contributed by atoms with Crippen molar-refractivity contribution in [2.75, 3.05) is 44.0 Å². The molecule has 0 amide bonds. The summed E-state index contributed by atoms with van der Waals surface area (Å²) in [5.74, 6) is 0.741. The van der Waals surface area contributed by atoms with Crippen molar-refractivity contribution >= 4 is 11.4 Å². The minimum atomic E-state index is 0.0822. The predicted octanol–water partition coefficient (Wildman–Crippen LogP) is 1.50. The maximum absolute atomic E-state index is 9.14. The van der Waals surface area contributed by atoms with E-state index in [-0.39, 0.29) is 12.7 Å². The summed E-state index contributed by atoms with van der Waals surface area (Å²) in [6, 6.07) is 5.61. The minimum absolute atomic E-state index is 0.0822. The molecule has 5 heteroatoms. The Bertz CT molecular complexity index is 383. The van der Waals surface area contributed by atoms with Gasteiger partial charge in [0.05, 0.1) is 19.3 Å². The van der Waals surface area contributed by atoms with Crippen molar-refractivity contribution in [3.63, 3.8) is 0 Å². The summed E-state index contributed by atoms with van der Waals surface area (Å²) >= 11 is 0. The monoisotopic (exact) mass is 268 g/mol. The number of hydrogen-bond donors (Lipinski definition) is 2. The molecule has 0 heterocycles. The first-order valence-electron chi connectivity index (χ1n) is 6.48. The Hall–Kier alpha value is -1.46. The number of benzene rings is 1. The van der Waals surface area contributed by atoms with Crippen LogP contribution in [-0.4, -0.2) is 44.6 Å². The molecule has 0 aliphatic heterocycles. The second-order valence-electron chi connectivity index (χ2n) is 4.63. The minimum Gasteiger partial charge on any atom is -0.491 e. The molecule has 1 rings (SSSR count). The summed E-state index contributed by atoms with van der Waals surface area (Å²) in [6.45, 7) is 5.85. The molecule has 0 saturated heterocycles. The first kappa shape index (κ1) is 15.6. The highest BCUT2D eigenvalue weighted by Gasteiger charge is 2.09. The highest BCUT2D eigenvalue weighted by molar-refractivity contribution is 5.60. The van der Waals surface area contributed by atoms with Crippen LogP contribution in [0.3, 0.4) is 0 Å². The quantitative estimate of drug-likeness (QED) is 0.699. The number of rotatable bonds is 8. The van der Waals surface area contributed by atoms with E-state index in [0.29, 0.717) is 25.4 Å². The Morgan fingerprint density at radius 2 is 2.00 bits per heavy atom. The highest BCUT2D eigenvalue weighted by atomic mass is 16.5. The van der Waals surface area contributed by atoms with Gasteiger partial charge >= 0.3 is 0 Å². The number of nitrogens with zero attached hydrogens (tertiary/aromatic N) is 1. The number of anilines is 2. The van der Waals surface area contributed by atoms with Gasteiger partial charge in [-0.05, 0) is 19.9 Å². The van der Waals surface area contributed by atoms with Gasteiger partial charge in [0.2, 0.25) is 0 Å². The Morgan fingerprint density at radius 1 is 1.26 bits per heavy atom. The average molecular weight is 268 g/mol. The number of hydrogen-bond acceptors (Lipinski definition) is 5. The van der Waals surface area contributed by atoms with E-state index in [9.17, 15) is 0 Å². The number of nitrogen functional groups attached to an aromatic ring is 1. The third-order valence-electron chi connectivity index (χ3n) is 2.59. The number of methoxy groups -OCH3 is 1. The molecule has 0 spiro atoms. The third-order valence-corrected chi connectivity index (χ3v) is 2.59. The van der Waals surface area contributed by atoms with E-state index in [0.717, 1.165) is 11.4 Å². The van der Waals surface area contributed by atoms with Crippen LogP contribution in [0.1, 0.15) is 13.8 Å². The van der Waals surface area contributed by atoms with E-state index in [1.165, 1.54) is 0 Å². The molecule has 0 saturated carbocycles. The maximum atomic E-state index is 9.14. The molecule has 0 aliphatic carbocycles. The largest absolute Gasteiger partial charge is 0.491 e. The molecule has 1 aromatic carbocycles. The summed E-state index contributed by atoms with van der Waals surface area (Å²) in [4.78, 5) is 2.02. The fourth-order valence-electron chi connectivity index (χ4n) is 1.82. The maximum Gasteiger partial charge on any atom is 0.123 e. The second-order valence-corrected chi connectivity index (χ2v) is 4.63. The Labute approximate surface area is 114 Å². The molecule has 0 aliphatic rings.